The van der Waals surface area contributed by atoms with Crippen molar-refractivity contribution in [1.82, 2.24) is 0 Å². The molecule has 0 bridgehead atoms. The van der Waals surface area contributed by atoms with Gasteiger partial charge in [0, 0.05) is 16.9 Å². The Morgan fingerprint density at radius 2 is 2.05 bits per heavy atom. The minimum atomic E-state index is -0.0524. The van der Waals surface area contributed by atoms with E-state index in [4.69, 9.17) is 11.6 Å². The van der Waals surface area contributed by atoms with Crippen molar-refractivity contribution in [2.75, 3.05) is 0 Å². The Kier molecular flexibility index (Phi) is 3.24. The predicted octanol–water partition coefficient (Wildman–Crippen LogP) is 5.32. The molecule has 0 N–H and O–H groups in total. The fourth-order valence-electron chi connectivity index (χ4n) is 5.97. The Labute approximate surface area is 138 Å². The fraction of sp³-hybridized carbons (Fsp3) is 0.650. The van der Waals surface area contributed by atoms with Crippen LogP contribution in [-0.4, -0.2) is 5.78 Å². The number of rotatable bonds is 0. The molecule has 2 saturated carbocycles. The smallest absolute Gasteiger partial charge is 0.139 e. The minimum Gasteiger partial charge on any atom is -0.299 e. The average molecular weight is 317 g/mol. The molecule has 5 atom stereocenters. The van der Waals surface area contributed by atoms with E-state index in [0.29, 0.717) is 29.5 Å². The molecular weight excluding hydrogens is 292 g/mol. The standard InChI is InChI=1S/C20H25ClO/c1-11-4-6-16(21)19-13-8-9-20(3)15(5-7-17(20)22)18(13)12(2)10-14(11)19/h4,6,12-13,15,18H,5,7-10H2,1-3H3/t12-,13+,15+,18-,20+/m1/s1. The zero-order valence-electron chi connectivity index (χ0n) is 13.8. The molecule has 0 aromatic heterocycles. The maximum atomic E-state index is 12.5. The third kappa shape index (κ3) is 1.81. The third-order valence-corrected chi connectivity index (χ3v) is 7.46. The number of Topliss-reactive ketones (excluding diaryl/α,β-unsaturated/α-hetero) is 1. The van der Waals surface area contributed by atoms with Gasteiger partial charge < -0.3 is 0 Å². The lowest BCUT2D eigenvalue weighted by Gasteiger charge is -2.51. The highest BCUT2D eigenvalue weighted by atomic mass is 35.5. The van der Waals surface area contributed by atoms with E-state index < -0.39 is 0 Å². The maximum absolute atomic E-state index is 12.5. The van der Waals surface area contributed by atoms with Gasteiger partial charge in [-0.2, -0.15) is 0 Å². The Morgan fingerprint density at radius 1 is 1.27 bits per heavy atom. The minimum absolute atomic E-state index is 0.0524. The van der Waals surface area contributed by atoms with Crippen LogP contribution in [0.3, 0.4) is 0 Å². The number of aryl methyl sites for hydroxylation is 1. The zero-order valence-corrected chi connectivity index (χ0v) is 14.5. The summed E-state index contributed by atoms with van der Waals surface area (Å²) in [5.74, 6) is 2.94. The van der Waals surface area contributed by atoms with Crippen LogP contribution in [0.5, 0.6) is 0 Å². The first kappa shape index (κ1) is 14.8. The molecule has 0 radical (unpaired) electrons. The lowest BCUT2D eigenvalue weighted by Crippen LogP contribution is -2.45. The van der Waals surface area contributed by atoms with Crippen LogP contribution in [0.15, 0.2) is 12.1 Å². The maximum Gasteiger partial charge on any atom is 0.139 e. The summed E-state index contributed by atoms with van der Waals surface area (Å²) in [5, 5.41) is 0.954. The van der Waals surface area contributed by atoms with Crippen molar-refractivity contribution >= 4 is 17.4 Å². The number of carbonyl (C=O) groups excluding carboxylic acids is 1. The van der Waals surface area contributed by atoms with Gasteiger partial charge in [0.1, 0.15) is 5.78 Å². The summed E-state index contributed by atoms with van der Waals surface area (Å²) in [6.45, 7) is 6.85. The number of hydrogen-bond acceptors (Lipinski definition) is 1. The monoisotopic (exact) mass is 316 g/mol. The molecule has 0 amide bonds. The summed E-state index contributed by atoms with van der Waals surface area (Å²) in [7, 11) is 0. The van der Waals surface area contributed by atoms with Crippen molar-refractivity contribution in [3.63, 3.8) is 0 Å². The molecule has 3 aliphatic carbocycles. The van der Waals surface area contributed by atoms with Crippen molar-refractivity contribution in [2.45, 2.75) is 58.8 Å². The Bertz CT molecular complexity index is 649. The van der Waals surface area contributed by atoms with Crippen LogP contribution < -0.4 is 0 Å². The van der Waals surface area contributed by atoms with Gasteiger partial charge >= 0.3 is 0 Å². The summed E-state index contributed by atoms with van der Waals surface area (Å²) in [5.41, 5.74) is 4.25. The van der Waals surface area contributed by atoms with Crippen LogP contribution in [-0.2, 0) is 11.2 Å². The first-order chi connectivity index (χ1) is 10.4. The summed E-state index contributed by atoms with van der Waals surface area (Å²) in [6, 6.07) is 4.25. The molecule has 118 valence electrons. The van der Waals surface area contributed by atoms with Gasteiger partial charge in [0.05, 0.1) is 0 Å². The fourth-order valence-corrected chi connectivity index (χ4v) is 6.29. The quantitative estimate of drug-likeness (QED) is 0.633. The van der Waals surface area contributed by atoms with Gasteiger partial charge in [0.15, 0.2) is 0 Å². The summed E-state index contributed by atoms with van der Waals surface area (Å²) < 4.78 is 0. The predicted molar refractivity (Wildman–Crippen MR) is 90.4 cm³/mol. The molecule has 1 aromatic rings. The van der Waals surface area contributed by atoms with Crippen molar-refractivity contribution in [2.24, 2.45) is 23.2 Å². The Morgan fingerprint density at radius 3 is 2.82 bits per heavy atom. The van der Waals surface area contributed by atoms with Crippen LogP contribution >= 0.6 is 11.6 Å². The molecule has 0 saturated heterocycles. The molecule has 2 heteroatoms. The first-order valence-electron chi connectivity index (χ1n) is 8.74. The number of fused-ring (bicyclic) bond motifs is 5. The van der Waals surface area contributed by atoms with Gasteiger partial charge in [0.25, 0.3) is 0 Å². The van der Waals surface area contributed by atoms with E-state index in [2.05, 4.69) is 32.9 Å². The molecular formula is C20H25ClO. The largest absolute Gasteiger partial charge is 0.299 e. The molecule has 3 aliphatic rings. The van der Waals surface area contributed by atoms with Gasteiger partial charge in [-0.1, -0.05) is 31.5 Å². The van der Waals surface area contributed by atoms with Crippen molar-refractivity contribution < 1.29 is 4.79 Å². The second kappa shape index (κ2) is 4.84. The number of hydrogen-bond donors (Lipinski definition) is 0. The van der Waals surface area contributed by atoms with Crippen molar-refractivity contribution in [1.29, 1.82) is 0 Å². The molecule has 0 spiro atoms. The van der Waals surface area contributed by atoms with Gasteiger partial charge in [-0.15, -0.1) is 0 Å². The van der Waals surface area contributed by atoms with Crippen molar-refractivity contribution in [3.8, 4) is 0 Å². The molecule has 0 heterocycles. The van der Waals surface area contributed by atoms with Crippen LogP contribution in [0.25, 0.3) is 0 Å². The Balaban J connectivity index is 1.83. The topological polar surface area (TPSA) is 17.1 Å². The number of benzene rings is 1. The zero-order chi connectivity index (χ0) is 15.6. The van der Waals surface area contributed by atoms with Crippen LogP contribution in [0.2, 0.25) is 5.02 Å². The third-order valence-electron chi connectivity index (χ3n) is 7.13. The summed E-state index contributed by atoms with van der Waals surface area (Å²) in [6.07, 6.45) is 5.20. The second-order valence-electron chi connectivity index (χ2n) is 8.15. The molecule has 0 aliphatic heterocycles. The lowest BCUT2D eigenvalue weighted by atomic mass is 9.53. The van der Waals surface area contributed by atoms with E-state index >= 15 is 0 Å². The molecule has 1 aromatic carbocycles. The van der Waals surface area contributed by atoms with Gasteiger partial charge in [-0.3, -0.25) is 4.79 Å². The van der Waals surface area contributed by atoms with Crippen LogP contribution in [0, 0.1) is 30.1 Å². The van der Waals surface area contributed by atoms with Gasteiger partial charge in [0.2, 0.25) is 0 Å². The van der Waals surface area contributed by atoms with E-state index in [0.717, 1.165) is 37.1 Å². The average Bonchev–Trinajstić information content (AvgIpc) is 2.79. The highest BCUT2D eigenvalue weighted by Gasteiger charge is 2.56. The first-order valence-corrected chi connectivity index (χ1v) is 9.12. The van der Waals surface area contributed by atoms with E-state index in [1.54, 1.807) is 0 Å². The summed E-state index contributed by atoms with van der Waals surface area (Å²) in [4.78, 5) is 12.5. The highest BCUT2D eigenvalue weighted by molar-refractivity contribution is 6.31. The molecule has 4 rings (SSSR count). The van der Waals surface area contributed by atoms with Gasteiger partial charge in [-0.05, 0) is 79.0 Å². The van der Waals surface area contributed by atoms with Crippen molar-refractivity contribution in [3.05, 3.63) is 33.8 Å². The van der Waals surface area contributed by atoms with E-state index in [1.165, 1.54) is 16.7 Å². The SMILES string of the molecule is Cc1ccc(Cl)c2c1C[C@@H](C)[C@@H]1[C@@H]2CC[C@]2(C)C(=O)CC[C@@H]12. The van der Waals surface area contributed by atoms with Crippen LogP contribution in [0.4, 0.5) is 0 Å². The molecule has 2 fully saturated rings. The number of halogens is 1. The van der Waals surface area contributed by atoms with E-state index in [1.807, 2.05) is 0 Å². The molecule has 1 nitrogen and oxygen atoms in total. The molecule has 0 unspecified atom stereocenters. The molecule has 22 heavy (non-hydrogen) atoms. The highest BCUT2D eigenvalue weighted by Crippen LogP contribution is 2.61. The van der Waals surface area contributed by atoms with E-state index in [9.17, 15) is 4.79 Å². The van der Waals surface area contributed by atoms with Crippen LogP contribution in [0.1, 0.15) is 62.1 Å². The van der Waals surface area contributed by atoms with Gasteiger partial charge in [-0.25, -0.2) is 0 Å². The number of carbonyl (C=O) groups is 1. The van der Waals surface area contributed by atoms with E-state index in [-0.39, 0.29) is 5.41 Å². The normalized spacial score (nSPS) is 40.1. The lowest BCUT2D eigenvalue weighted by molar-refractivity contribution is -0.129. The summed E-state index contributed by atoms with van der Waals surface area (Å²) >= 11 is 6.62. The number of ketones is 1. The Hall–Kier alpha value is -0.820. The second-order valence-corrected chi connectivity index (χ2v) is 8.55.